The molecule has 118 valence electrons. The summed E-state index contributed by atoms with van der Waals surface area (Å²) in [6.45, 7) is 0.907. The Hall–Kier alpha value is -3.27. The first kappa shape index (κ1) is 13.1. The number of nitrogens with zero attached hydrogens (tertiary/aromatic N) is 4. The summed E-state index contributed by atoms with van der Waals surface area (Å²) < 4.78 is 6.93. The Balaban J connectivity index is 1.95. The highest BCUT2D eigenvalue weighted by Crippen LogP contribution is 2.34. The Morgan fingerprint density at radius 3 is 2.80 bits per heavy atom. The van der Waals surface area contributed by atoms with Crippen molar-refractivity contribution in [3.05, 3.63) is 72.7 Å². The fraction of sp³-hybridized carbons (Fsp3) is 0.0952. The van der Waals surface area contributed by atoms with Crippen LogP contribution in [0.1, 0.15) is 5.56 Å². The first-order valence-corrected chi connectivity index (χ1v) is 8.51. The molecule has 5 aromatic rings. The Morgan fingerprint density at radius 2 is 1.92 bits per heavy atom. The molecule has 4 heteroatoms. The minimum atomic E-state index is 0.907. The van der Waals surface area contributed by atoms with Gasteiger partial charge in [-0.15, -0.1) is 0 Å². The molecule has 0 fully saturated rings. The summed E-state index contributed by atoms with van der Waals surface area (Å²) >= 11 is 0. The molecule has 1 aliphatic heterocycles. The summed E-state index contributed by atoms with van der Waals surface area (Å²) in [5.41, 5.74) is 8.51. The van der Waals surface area contributed by atoms with E-state index in [0.717, 1.165) is 12.1 Å². The summed E-state index contributed by atoms with van der Waals surface area (Å²) in [7, 11) is 2.10. The zero-order valence-corrected chi connectivity index (χ0v) is 13.8. The van der Waals surface area contributed by atoms with Gasteiger partial charge >= 0.3 is 0 Å². The number of pyridine rings is 3. The van der Waals surface area contributed by atoms with Crippen LogP contribution in [0.4, 0.5) is 0 Å². The molecule has 1 aliphatic rings. The molecule has 4 nitrogen and oxygen atoms in total. The van der Waals surface area contributed by atoms with Gasteiger partial charge in [0.05, 0.1) is 0 Å². The first-order valence-electron chi connectivity index (χ1n) is 8.51. The van der Waals surface area contributed by atoms with Crippen molar-refractivity contribution in [1.29, 1.82) is 0 Å². The van der Waals surface area contributed by atoms with Crippen molar-refractivity contribution in [2.24, 2.45) is 7.05 Å². The van der Waals surface area contributed by atoms with Crippen molar-refractivity contribution in [2.75, 3.05) is 0 Å². The third-order valence-corrected chi connectivity index (χ3v) is 5.30. The molecule has 25 heavy (non-hydrogen) atoms. The van der Waals surface area contributed by atoms with Crippen LogP contribution in [0.3, 0.4) is 0 Å². The molecule has 6 rings (SSSR count). The predicted molar refractivity (Wildman–Crippen MR) is 96.1 cm³/mol. The lowest BCUT2D eigenvalue weighted by molar-refractivity contribution is -0.657. The molecule has 0 spiro atoms. The summed E-state index contributed by atoms with van der Waals surface area (Å²) in [5, 5.41) is 1.28. The number of rotatable bonds is 1. The lowest BCUT2D eigenvalue weighted by Gasteiger charge is -2.03. The lowest BCUT2D eigenvalue weighted by Crippen LogP contribution is -2.30. The summed E-state index contributed by atoms with van der Waals surface area (Å²) in [4.78, 5) is 4.75. The second kappa shape index (κ2) is 4.42. The number of hydrogen-bond acceptors (Lipinski definition) is 1. The van der Waals surface area contributed by atoms with Gasteiger partial charge in [-0.05, 0) is 12.1 Å². The van der Waals surface area contributed by atoms with E-state index < -0.39 is 0 Å². The van der Waals surface area contributed by atoms with Gasteiger partial charge in [0, 0.05) is 23.4 Å². The number of hydrogen-bond donors (Lipinski definition) is 0. The van der Waals surface area contributed by atoms with Gasteiger partial charge in [-0.25, -0.2) is 9.55 Å². The number of aromatic nitrogens is 4. The van der Waals surface area contributed by atoms with E-state index >= 15 is 0 Å². The third-order valence-electron chi connectivity index (χ3n) is 5.30. The molecule has 4 aromatic heterocycles. The average molecular weight is 324 g/mol. The third kappa shape index (κ3) is 1.54. The molecule has 0 aliphatic carbocycles. The Labute approximate surface area is 144 Å². The Kier molecular flexibility index (Phi) is 2.31. The smallest absolute Gasteiger partial charge is 0.249 e. The van der Waals surface area contributed by atoms with Crippen molar-refractivity contribution in [1.82, 2.24) is 9.38 Å². The molecule has 0 bridgehead atoms. The molecule has 0 atom stereocenters. The maximum atomic E-state index is 4.75. The van der Waals surface area contributed by atoms with Crippen LogP contribution in [0.25, 0.3) is 38.8 Å². The minimum absolute atomic E-state index is 0.907. The number of benzene rings is 1. The van der Waals surface area contributed by atoms with Gasteiger partial charge in [-0.2, -0.15) is 8.97 Å². The highest BCUT2D eigenvalue weighted by molar-refractivity contribution is 6.08. The molecule has 1 aromatic carbocycles. The van der Waals surface area contributed by atoms with Crippen LogP contribution in [0.5, 0.6) is 0 Å². The molecule has 5 heterocycles. The van der Waals surface area contributed by atoms with Crippen molar-refractivity contribution in [3.8, 4) is 11.3 Å². The van der Waals surface area contributed by atoms with Crippen LogP contribution in [0.2, 0.25) is 0 Å². The van der Waals surface area contributed by atoms with E-state index in [0.29, 0.717) is 0 Å². The summed E-state index contributed by atoms with van der Waals surface area (Å²) in [6.07, 6.45) is 6.31. The molecule has 0 saturated heterocycles. The number of imidazole rings is 1. The number of fused-ring (bicyclic) bond motifs is 3. The maximum Gasteiger partial charge on any atom is 0.298 e. The highest BCUT2D eigenvalue weighted by atomic mass is 15.1. The fourth-order valence-electron chi connectivity index (χ4n) is 4.25. The topological polar surface area (TPSA) is 25.1 Å². The highest BCUT2D eigenvalue weighted by Gasteiger charge is 2.33. The fourth-order valence-corrected chi connectivity index (χ4v) is 4.25. The lowest BCUT2D eigenvalue weighted by atomic mass is 10.1. The van der Waals surface area contributed by atoms with Gasteiger partial charge in [0.25, 0.3) is 11.2 Å². The van der Waals surface area contributed by atoms with Crippen LogP contribution in [0, 0.1) is 0 Å². The van der Waals surface area contributed by atoms with E-state index in [1.54, 1.807) is 0 Å². The average Bonchev–Trinajstić information content (AvgIpc) is 3.19. The molecule has 0 saturated carbocycles. The van der Waals surface area contributed by atoms with Gasteiger partial charge in [0.1, 0.15) is 25.2 Å². The summed E-state index contributed by atoms with van der Waals surface area (Å²) in [6, 6.07) is 17.1. The minimum Gasteiger partial charge on any atom is -0.249 e. The first-order chi connectivity index (χ1) is 12.3. The molecular formula is C21H16N4+2. The number of aryl methyl sites for hydroxylation is 1. The zero-order chi connectivity index (χ0) is 16.5. The monoisotopic (exact) mass is 324 g/mol. The van der Waals surface area contributed by atoms with E-state index in [1.165, 1.54) is 38.9 Å². The van der Waals surface area contributed by atoms with Gasteiger partial charge in [-0.3, -0.25) is 0 Å². The second-order valence-electron chi connectivity index (χ2n) is 6.71. The van der Waals surface area contributed by atoms with Crippen molar-refractivity contribution in [2.45, 2.75) is 6.54 Å². The van der Waals surface area contributed by atoms with Gasteiger partial charge in [0.2, 0.25) is 5.52 Å². The Bertz CT molecular complexity index is 1320. The molecule has 0 amide bonds. The molecule has 0 radical (unpaired) electrons. The van der Waals surface area contributed by atoms with Crippen LogP contribution in [0.15, 0.2) is 67.1 Å². The van der Waals surface area contributed by atoms with Crippen LogP contribution in [-0.2, 0) is 13.6 Å². The van der Waals surface area contributed by atoms with Crippen molar-refractivity contribution in [3.63, 3.8) is 0 Å². The van der Waals surface area contributed by atoms with E-state index in [2.05, 4.69) is 81.5 Å². The van der Waals surface area contributed by atoms with E-state index in [1.807, 2.05) is 6.20 Å². The largest absolute Gasteiger partial charge is 0.298 e. The van der Waals surface area contributed by atoms with Crippen LogP contribution < -0.4 is 9.13 Å². The van der Waals surface area contributed by atoms with Gasteiger partial charge < -0.3 is 0 Å². The van der Waals surface area contributed by atoms with Gasteiger partial charge in [-0.1, -0.05) is 30.3 Å². The van der Waals surface area contributed by atoms with E-state index in [-0.39, 0.29) is 0 Å². The molecule has 0 unspecified atom stereocenters. The molecular weight excluding hydrogens is 308 g/mol. The zero-order valence-electron chi connectivity index (χ0n) is 13.8. The van der Waals surface area contributed by atoms with Crippen molar-refractivity contribution >= 4 is 27.6 Å². The standard InChI is InChI=1S/C21H16N4/c1-23-11-5-8-16-20(23)19-18-15(9-10-22-19)12-24-13-17(25(16)21(18)24)14-6-3-2-4-7-14/h2-11,13H,12H2,1H3/q+2. The second-order valence-corrected chi connectivity index (χ2v) is 6.71. The maximum absolute atomic E-state index is 4.75. The summed E-state index contributed by atoms with van der Waals surface area (Å²) in [5.74, 6) is 0. The SMILES string of the molecule is C[n+]1cccc2c1c1nccc3c1c1n2c(-c2ccccc2)c[n+]1C3. The van der Waals surface area contributed by atoms with E-state index in [9.17, 15) is 0 Å². The normalized spacial score (nSPS) is 12.8. The Morgan fingerprint density at radius 1 is 1.04 bits per heavy atom. The van der Waals surface area contributed by atoms with Gasteiger partial charge in [0.15, 0.2) is 17.4 Å². The van der Waals surface area contributed by atoms with E-state index in [4.69, 9.17) is 4.98 Å². The predicted octanol–water partition coefficient (Wildman–Crippen LogP) is 2.78. The van der Waals surface area contributed by atoms with Crippen LogP contribution >= 0.6 is 0 Å². The van der Waals surface area contributed by atoms with Crippen molar-refractivity contribution < 1.29 is 9.13 Å². The quantitative estimate of drug-likeness (QED) is 0.337. The van der Waals surface area contributed by atoms with Crippen LogP contribution in [-0.4, -0.2) is 9.38 Å². The molecule has 0 N–H and O–H groups in total.